The molecular formula is C19H21N5O2. The van der Waals surface area contributed by atoms with Gasteiger partial charge in [-0.15, -0.1) is 5.10 Å². The average molecular weight is 351 g/mol. The Morgan fingerprint density at radius 2 is 1.88 bits per heavy atom. The molecule has 0 saturated carbocycles. The summed E-state index contributed by atoms with van der Waals surface area (Å²) in [6, 6.07) is 17.1. The monoisotopic (exact) mass is 351 g/mol. The smallest absolute Gasteiger partial charge is 0.227 e. The van der Waals surface area contributed by atoms with E-state index in [1.807, 2.05) is 61.5 Å². The van der Waals surface area contributed by atoms with E-state index in [0.29, 0.717) is 5.82 Å². The maximum atomic E-state index is 12.6. The van der Waals surface area contributed by atoms with Gasteiger partial charge in [-0.2, -0.15) is 4.68 Å². The lowest BCUT2D eigenvalue weighted by Crippen LogP contribution is -2.29. The minimum absolute atomic E-state index is 0.0389. The fraction of sp³-hybridized carbons (Fsp3) is 0.263. The topological polar surface area (TPSA) is 81.9 Å². The number of nitrogens with zero attached hydrogens (tertiary/aromatic N) is 4. The first-order valence-electron chi connectivity index (χ1n) is 8.47. The number of rotatable bonds is 7. The van der Waals surface area contributed by atoms with Crippen LogP contribution in [0.15, 0.2) is 54.6 Å². The highest BCUT2D eigenvalue weighted by Crippen LogP contribution is 2.19. The normalized spacial score (nSPS) is 11.8. The maximum absolute atomic E-state index is 12.6. The van der Waals surface area contributed by atoms with Crippen molar-refractivity contribution in [1.82, 2.24) is 25.5 Å². The highest BCUT2D eigenvalue weighted by atomic mass is 16.5. The van der Waals surface area contributed by atoms with Crippen molar-refractivity contribution in [1.29, 1.82) is 0 Å². The minimum Gasteiger partial charge on any atom is -0.497 e. The van der Waals surface area contributed by atoms with E-state index in [1.54, 1.807) is 11.8 Å². The molecular weight excluding hydrogens is 330 g/mol. The van der Waals surface area contributed by atoms with Crippen molar-refractivity contribution in [2.75, 3.05) is 7.11 Å². The van der Waals surface area contributed by atoms with Gasteiger partial charge in [-0.25, -0.2) is 0 Å². The third-order valence-corrected chi connectivity index (χ3v) is 4.20. The second-order valence-electron chi connectivity index (χ2n) is 5.79. The number of hydrogen-bond acceptors (Lipinski definition) is 5. The molecule has 2 aromatic carbocycles. The largest absolute Gasteiger partial charge is 0.497 e. The van der Waals surface area contributed by atoms with Gasteiger partial charge in [0, 0.05) is 0 Å². The van der Waals surface area contributed by atoms with Crippen LogP contribution < -0.4 is 10.1 Å². The van der Waals surface area contributed by atoms with E-state index in [1.165, 1.54) is 0 Å². The number of ether oxygens (including phenoxy) is 1. The van der Waals surface area contributed by atoms with E-state index in [-0.39, 0.29) is 18.4 Å². The molecule has 3 rings (SSSR count). The lowest BCUT2D eigenvalue weighted by Gasteiger charge is -2.15. The van der Waals surface area contributed by atoms with E-state index >= 15 is 0 Å². The first kappa shape index (κ1) is 17.6. The van der Waals surface area contributed by atoms with Crippen molar-refractivity contribution < 1.29 is 9.53 Å². The van der Waals surface area contributed by atoms with Gasteiger partial charge in [-0.1, -0.05) is 37.3 Å². The number of aromatic nitrogens is 4. The first-order valence-corrected chi connectivity index (χ1v) is 8.47. The zero-order valence-corrected chi connectivity index (χ0v) is 14.8. The summed E-state index contributed by atoms with van der Waals surface area (Å²) in [4.78, 5) is 12.6. The van der Waals surface area contributed by atoms with Crippen LogP contribution in [0, 0.1) is 0 Å². The highest BCUT2D eigenvalue weighted by molar-refractivity contribution is 5.83. The predicted molar refractivity (Wildman–Crippen MR) is 97.0 cm³/mol. The molecule has 1 aromatic heterocycles. The summed E-state index contributed by atoms with van der Waals surface area (Å²) < 4.78 is 6.76. The van der Waals surface area contributed by atoms with Crippen molar-refractivity contribution >= 4 is 5.91 Å². The van der Waals surface area contributed by atoms with Gasteiger partial charge < -0.3 is 10.1 Å². The summed E-state index contributed by atoms with van der Waals surface area (Å²) in [5, 5.41) is 14.7. The Morgan fingerprint density at radius 3 is 2.54 bits per heavy atom. The second kappa shape index (κ2) is 8.24. The van der Waals surface area contributed by atoms with Crippen LogP contribution in [0.3, 0.4) is 0 Å². The Hall–Kier alpha value is -3.22. The Kier molecular flexibility index (Phi) is 5.58. The molecule has 134 valence electrons. The van der Waals surface area contributed by atoms with Crippen LogP contribution in [-0.2, 0) is 11.3 Å². The van der Waals surface area contributed by atoms with Crippen LogP contribution in [0.2, 0.25) is 0 Å². The maximum Gasteiger partial charge on any atom is 0.227 e. The Balaban J connectivity index is 1.70. The number of nitrogens with one attached hydrogen (secondary N) is 1. The molecule has 26 heavy (non-hydrogen) atoms. The van der Waals surface area contributed by atoms with Crippen LogP contribution >= 0.6 is 0 Å². The number of amides is 1. The van der Waals surface area contributed by atoms with Gasteiger partial charge in [0.15, 0.2) is 5.82 Å². The zero-order chi connectivity index (χ0) is 18.4. The van der Waals surface area contributed by atoms with Crippen molar-refractivity contribution in [3.63, 3.8) is 0 Å². The van der Waals surface area contributed by atoms with E-state index in [9.17, 15) is 4.79 Å². The van der Waals surface area contributed by atoms with Crippen LogP contribution in [0.25, 0.3) is 5.69 Å². The molecule has 0 aliphatic carbocycles. The highest BCUT2D eigenvalue weighted by Gasteiger charge is 2.19. The summed E-state index contributed by atoms with van der Waals surface area (Å²) in [5.41, 5.74) is 1.80. The number of hydrogen-bond donors (Lipinski definition) is 1. The standard InChI is InChI=1S/C19H21N5O2/c1-3-17(14-7-5-4-6-8-14)19(25)20-13-18-21-22-23-24(18)15-9-11-16(26-2)12-10-15/h4-12,17H,3,13H2,1-2H3,(H,20,25)/t17-/m1/s1. The van der Waals surface area contributed by atoms with E-state index < -0.39 is 0 Å². The molecule has 1 N–H and O–H groups in total. The fourth-order valence-corrected chi connectivity index (χ4v) is 2.79. The van der Waals surface area contributed by atoms with Crippen LogP contribution in [-0.4, -0.2) is 33.2 Å². The lowest BCUT2D eigenvalue weighted by atomic mass is 9.96. The van der Waals surface area contributed by atoms with Gasteiger partial charge >= 0.3 is 0 Å². The molecule has 3 aromatic rings. The predicted octanol–water partition coefficient (Wildman–Crippen LogP) is 2.48. The van der Waals surface area contributed by atoms with Gasteiger partial charge in [0.05, 0.1) is 25.3 Å². The molecule has 1 amide bonds. The molecule has 0 aliphatic rings. The summed E-state index contributed by atoms with van der Waals surface area (Å²) in [6.07, 6.45) is 0.721. The number of methoxy groups -OCH3 is 1. The van der Waals surface area contributed by atoms with Gasteiger partial charge in [-0.3, -0.25) is 4.79 Å². The second-order valence-corrected chi connectivity index (χ2v) is 5.79. The van der Waals surface area contributed by atoms with Gasteiger partial charge in [0.25, 0.3) is 0 Å². The van der Waals surface area contributed by atoms with Crippen LogP contribution in [0.4, 0.5) is 0 Å². The molecule has 1 heterocycles. The van der Waals surface area contributed by atoms with E-state index in [4.69, 9.17) is 4.74 Å². The zero-order valence-electron chi connectivity index (χ0n) is 14.8. The molecule has 0 radical (unpaired) electrons. The minimum atomic E-state index is -0.193. The van der Waals surface area contributed by atoms with Gasteiger partial charge in [0.1, 0.15) is 5.75 Å². The number of benzene rings is 2. The van der Waals surface area contributed by atoms with Crippen LogP contribution in [0.5, 0.6) is 5.75 Å². The third-order valence-electron chi connectivity index (χ3n) is 4.20. The molecule has 1 atom stereocenters. The Bertz CT molecular complexity index is 846. The van der Waals surface area contributed by atoms with Crippen molar-refractivity contribution in [2.24, 2.45) is 0 Å². The average Bonchev–Trinajstić information content (AvgIpc) is 3.16. The number of carbonyl (C=O) groups excluding carboxylic acids is 1. The Morgan fingerprint density at radius 1 is 1.15 bits per heavy atom. The lowest BCUT2D eigenvalue weighted by molar-refractivity contribution is -0.122. The SMILES string of the molecule is CC[C@@H](C(=O)NCc1nnnn1-c1ccc(OC)cc1)c1ccccc1. The first-order chi connectivity index (χ1) is 12.7. The van der Waals surface area contributed by atoms with Crippen molar-refractivity contribution in [3.05, 3.63) is 66.0 Å². The van der Waals surface area contributed by atoms with Gasteiger partial charge in [-0.05, 0) is 46.7 Å². The van der Waals surface area contributed by atoms with Crippen LogP contribution in [0.1, 0.15) is 30.7 Å². The van der Waals surface area contributed by atoms with E-state index in [0.717, 1.165) is 23.4 Å². The fourth-order valence-electron chi connectivity index (χ4n) is 2.79. The third kappa shape index (κ3) is 3.88. The summed E-state index contributed by atoms with van der Waals surface area (Å²) in [7, 11) is 1.61. The summed E-state index contributed by atoms with van der Waals surface area (Å²) >= 11 is 0. The molecule has 0 saturated heterocycles. The molecule has 0 aliphatic heterocycles. The molecule has 7 nitrogen and oxygen atoms in total. The number of tetrazole rings is 1. The molecule has 0 fully saturated rings. The summed E-state index contributed by atoms with van der Waals surface area (Å²) in [5.74, 6) is 1.08. The molecule has 0 bridgehead atoms. The molecule has 0 unspecified atom stereocenters. The van der Waals surface area contributed by atoms with E-state index in [2.05, 4.69) is 20.8 Å². The Labute approximate surface area is 152 Å². The number of carbonyl (C=O) groups is 1. The molecule has 0 spiro atoms. The van der Waals surface area contributed by atoms with Gasteiger partial charge in [0.2, 0.25) is 5.91 Å². The quantitative estimate of drug-likeness (QED) is 0.707. The van der Waals surface area contributed by atoms with Crippen molar-refractivity contribution in [2.45, 2.75) is 25.8 Å². The summed E-state index contributed by atoms with van der Waals surface area (Å²) in [6.45, 7) is 2.25. The van der Waals surface area contributed by atoms with Crippen molar-refractivity contribution in [3.8, 4) is 11.4 Å². The molecule has 7 heteroatoms.